The van der Waals surface area contributed by atoms with Crippen LogP contribution in [0.5, 0.6) is 11.5 Å². The maximum atomic E-state index is 13.0. The summed E-state index contributed by atoms with van der Waals surface area (Å²) in [6, 6.07) is 19.4. The zero-order valence-electron chi connectivity index (χ0n) is 18.4. The van der Waals surface area contributed by atoms with Crippen molar-refractivity contribution < 1.29 is 23.5 Å². The first-order valence-electron chi connectivity index (χ1n) is 10.6. The molecule has 0 unspecified atom stereocenters. The van der Waals surface area contributed by atoms with Crippen LogP contribution in [0.2, 0.25) is 0 Å². The zero-order chi connectivity index (χ0) is 24.8. The van der Waals surface area contributed by atoms with Gasteiger partial charge < -0.3 is 21.1 Å². The molecule has 3 aromatic carbocycles. The minimum atomic E-state index is -0.631. The van der Waals surface area contributed by atoms with Gasteiger partial charge in [0.25, 0.3) is 11.8 Å². The van der Waals surface area contributed by atoms with Gasteiger partial charge in [-0.2, -0.15) is 4.99 Å². The molecule has 1 aliphatic heterocycles. The Hall–Kier alpha value is -4.18. The molecular formula is C25H21FN4O4S. The standard InChI is InChI=1S/C25H21FN4O4S/c26-17-6-10-20(11-7-17)34-19-8-4-15(5-9-19)14-28-23(32)16-2-1-3-18(12-16)29-22(31)13-21-24(33)30-25(27)35-21/h1-12,21H,13-14H2,(H,28,32)(H,29,31)(H2,27,30,33)/t21-/m0/s1. The Balaban J connectivity index is 1.28. The lowest BCUT2D eigenvalue weighted by molar-refractivity contribution is -0.121. The van der Waals surface area contributed by atoms with Crippen LogP contribution in [0.3, 0.4) is 0 Å². The van der Waals surface area contributed by atoms with E-state index in [0.29, 0.717) is 22.7 Å². The number of aliphatic imine (C=N–C) groups is 1. The quantitative estimate of drug-likeness (QED) is 0.439. The van der Waals surface area contributed by atoms with Crippen LogP contribution in [0.1, 0.15) is 22.3 Å². The van der Waals surface area contributed by atoms with Crippen molar-refractivity contribution in [2.45, 2.75) is 18.2 Å². The summed E-state index contributed by atoms with van der Waals surface area (Å²) < 4.78 is 18.7. The van der Waals surface area contributed by atoms with E-state index in [9.17, 15) is 18.8 Å². The van der Waals surface area contributed by atoms with Gasteiger partial charge in [-0.1, -0.05) is 30.0 Å². The first-order chi connectivity index (χ1) is 16.9. The Kier molecular flexibility index (Phi) is 7.41. The van der Waals surface area contributed by atoms with Crippen LogP contribution in [-0.2, 0) is 16.1 Å². The summed E-state index contributed by atoms with van der Waals surface area (Å²) >= 11 is 1.06. The second-order valence-corrected chi connectivity index (χ2v) is 8.83. The highest BCUT2D eigenvalue weighted by atomic mass is 32.2. The Morgan fingerprint density at radius 1 is 1.03 bits per heavy atom. The van der Waals surface area contributed by atoms with Crippen LogP contribution in [0, 0.1) is 5.82 Å². The Morgan fingerprint density at radius 3 is 2.37 bits per heavy atom. The molecule has 0 saturated carbocycles. The second kappa shape index (κ2) is 10.8. The minimum absolute atomic E-state index is 0.0645. The molecule has 1 atom stereocenters. The summed E-state index contributed by atoms with van der Waals surface area (Å²) in [4.78, 5) is 40.1. The van der Waals surface area contributed by atoms with Gasteiger partial charge in [-0.3, -0.25) is 14.4 Å². The average Bonchev–Trinajstić information content (AvgIpc) is 3.16. The topological polar surface area (TPSA) is 123 Å². The molecule has 0 aliphatic carbocycles. The van der Waals surface area contributed by atoms with Gasteiger partial charge in [0.1, 0.15) is 22.6 Å². The Morgan fingerprint density at radius 2 is 1.71 bits per heavy atom. The molecule has 1 heterocycles. The molecule has 35 heavy (non-hydrogen) atoms. The van der Waals surface area contributed by atoms with Crippen molar-refractivity contribution in [3.05, 3.63) is 89.7 Å². The van der Waals surface area contributed by atoms with Crippen LogP contribution in [0.15, 0.2) is 77.8 Å². The summed E-state index contributed by atoms with van der Waals surface area (Å²) in [5.74, 6) is -0.341. The van der Waals surface area contributed by atoms with Gasteiger partial charge >= 0.3 is 0 Å². The van der Waals surface area contributed by atoms with Crippen LogP contribution in [0.4, 0.5) is 10.1 Å². The van der Waals surface area contributed by atoms with Crippen molar-refractivity contribution in [2.75, 3.05) is 5.32 Å². The summed E-state index contributed by atoms with van der Waals surface area (Å²) in [5, 5.41) is 5.04. The fraction of sp³-hybridized carbons (Fsp3) is 0.120. The molecule has 1 aliphatic rings. The largest absolute Gasteiger partial charge is 0.457 e. The van der Waals surface area contributed by atoms with Gasteiger partial charge in [-0.05, 0) is 60.2 Å². The predicted octanol–water partition coefficient (Wildman–Crippen LogP) is 3.83. The van der Waals surface area contributed by atoms with Crippen molar-refractivity contribution in [1.82, 2.24) is 5.32 Å². The number of nitrogens with two attached hydrogens (primary N) is 1. The SMILES string of the molecule is NC1=NC(=O)[C@H](CC(=O)Nc2cccc(C(=O)NCc3ccc(Oc4ccc(F)cc4)cc3)c2)S1. The maximum Gasteiger partial charge on any atom is 0.262 e. The molecule has 0 spiro atoms. The number of hydrogen-bond donors (Lipinski definition) is 3. The van der Waals surface area contributed by atoms with Crippen molar-refractivity contribution >= 4 is 40.3 Å². The summed E-state index contributed by atoms with van der Waals surface area (Å²) in [5.41, 5.74) is 7.18. The molecule has 3 aromatic rings. The van der Waals surface area contributed by atoms with E-state index in [1.165, 1.54) is 24.3 Å². The number of nitrogens with zero attached hydrogens (tertiary/aromatic N) is 1. The van der Waals surface area contributed by atoms with Crippen molar-refractivity contribution in [3.8, 4) is 11.5 Å². The van der Waals surface area contributed by atoms with Gasteiger partial charge in [0.15, 0.2) is 5.17 Å². The average molecular weight is 493 g/mol. The van der Waals surface area contributed by atoms with Crippen molar-refractivity contribution in [3.63, 3.8) is 0 Å². The monoisotopic (exact) mass is 492 g/mol. The summed E-state index contributed by atoms with van der Waals surface area (Å²) in [6.45, 7) is 0.286. The van der Waals surface area contributed by atoms with E-state index < -0.39 is 11.2 Å². The number of anilines is 1. The highest BCUT2D eigenvalue weighted by Gasteiger charge is 2.29. The van der Waals surface area contributed by atoms with Gasteiger partial charge in [-0.15, -0.1) is 0 Å². The number of rotatable bonds is 8. The second-order valence-electron chi connectivity index (χ2n) is 7.61. The van der Waals surface area contributed by atoms with E-state index in [1.54, 1.807) is 36.4 Å². The molecule has 0 aromatic heterocycles. The fourth-order valence-corrected chi connectivity index (χ4v) is 4.07. The third kappa shape index (κ3) is 6.67. The normalized spacial score (nSPS) is 14.8. The maximum absolute atomic E-state index is 13.0. The number of thioether (sulfide) groups is 1. The van der Waals surface area contributed by atoms with Crippen molar-refractivity contribution in [2.24, 2.45) is 10.7 Å². The van der Waals surface area contributed by atoms with Gasteiger partial charge in [0.05, 0.1) is 0 Å². The predicted molar refractivity (Wildman–Crippen MR) is 132 cm³/mol. The van der Waals surface area contributed by atoms with E-state index in [1.807, 2.05) is 12.1 Å². The number of amides is 3. The third-order valence-electron chi connectivity index (χ3n) is 4.96. The van der Waals surface area contributed by atoms with E-state index >= 15 is 0 Å². The summed E-state index contributed by atoms with van der Waals surface area (Å²) in [7, 11) is 0. The Labute approximate surface area is 204 Å². The molecular weight excluding hydrogens is 471 g/mol. The van der Waals surface area contributed by atoms with Gasteiger partial charge in [0.2, 0.25) is 5.91 Å². The van der Waals surface area contributed by atoms with Crippen LogP contribution in [0.25, 0.3) is 0 Å². The fourth-order valence-electron chi connectivity index (χ4n) is 3.25. The van der Waals surface area contributed by atoms with E-state index in [0.717, 1.165) is 17.3 Å². The molecule has 0 radical (unpaired) electrons. The van der Waals surface area contributed by atoms with E-state index in [4.69, 9.17) is 10.5 Å². The number of nitrogens with one attached hydrogen (secondary N) is 2. The highest BCUT2D eigenvalue weighted by molar-refractivity contribution is 8.15. The van der Waals surface area contributed by atoms with E-state index in [2.05, 4.69) is 15.6 Å². The van der Waals surface area contributed by atoms with Gasteiger partial charge in [0, 0.05) is 24.2 Å². The number of carbonyl (C=O) groups is 3. The highest BCUT2D eigenvalue weighted by Crippen LogP contribution is 2.24. The van der Waals surface area contributed by atoms with Crippen LogP contribution >= 0.6 is 11.8 Å². The lowest BCUT2D eigenvalue weighted by atomic mass is 10.1. The number of ether oxygens (including phenoxy) is 1. The van der Waals surface area contributed by atoms with Gasteiger partial charge in [-0.25, -0.2) is 4.39 Å². The number of amidine groups is 1. The Bertz CT molecular complexity index is 1280. The zero-order valence-corrected chi connectivity index (χ0v) is 19.2. The number of benzene rings is 3. The van der Waals surface area contributed by atoms with Crippen LogP contribution in [-0.4, -0.2) is 28.1 Å². The number of halogens is 1. The lowest BCUT2D eigenvalue weighted by Gasteiger charge is -2.10. The molecule has 4 N–H and O–H groups in total. The molecule has 178 valence electrons. The number of hydrogen-bond acceptors (Lipinski definition) is 6. The molecule has 10 heteroatoms. The minimum Gasteiger partial charge on any atom is -0.457 e. The van der Waals surface area contributed by atoms with E-state index in [-0.39, 0.29) is 35.8 Å². The van der Waals surface area contributed by atoms with Crippen LogP contribution < -0.4 is 21.1 Å². The molecule has 0 bridgehead atoms. The molecule has 0 saturated heterocycles. The molecule has 4 rings (SSSR count). The third-order valence-corrected chi connectivity index (χ3v) is 5.95. The summed E-state index contributed by atoms with van der Waals surface area (Å²) in [6.07, 6.45) is -0.0645. The first-order valence-corrected chi connectivity index (χ1v) is 11.5. The molecule has 8 nitrogen and oxygen atoms in total. The smallest absolute Gasteiger partial charge is 0.262 e. The first kappa shape index (κ1) is 24.0. The molecule has 0 fully saturated rings. The molecule has 3 amide bonds. The lowest BCUT2D eigenvalue weighted by Crippen LogP contribution is -2.24. The number of carbonyl (C=O) groups excluding carboxylic acids is 3. The van der Waals surface area contributed by atoms with Crippen molar-refractivity contribution in [1.29, 1.82) is 0 Å².